The fourth-order valence-corrected chi connectivity index (χ4v) is 4.68. The number of ether oxygens (including phenoxy) is 1. The van der Waals surface area contributed by atoms with Crippen molar-refractivity contribution in [2.45, 2.75) is 25.7 Å². The second-order valence-electron chi connectivity index (χ2n) is 6.53. The Morgan fingerprint density at radius 2 is 1.56 bits per heavy atom. The molecule has 6 heteroatoms. The maximum atomic E-state index is 13.1. The van der Waals surface area contributed by atoms with Crippen LogP contribution in [0.5, 0.6) is 11.5 Å². The number of nitrogens with zero attached hydrogens (tertiary/aromatic N) is 1. The van der Waals surface area contributed by atoms with Crippen LogP contribution in [0.15, 0.2) is 41.3 Å². The van der Waals surface area contributed by atoms with Gasteiger partial charge in [0.15, 0.2) is 0 Å². The van der Waals surface area contributed by atoms with Crippen LogP contribution in [0.3, 0.4) is 0 Å². The van der Waals surface area contributed by atoms with Gasteiger partial charge in [-0.05, 0) is 61.7 Å². The predicted molar refractivity (Wildman–Crippen MR) is 98.8 cm³/mol. The molecule has 0 unspecified atom stereocenters. The van der Waals surface area contributed by atoms with Crippen LogP contribution in [0.2, 0.25) is 0 Å². The minimum atomic E-state index is -3.59. The Kier molecular flexibility index (Phi) is 5.13. The Labute approximate surface area is 149 Å². The van der Waals surface area contributed by atoms with Gasteiger partial charge in [0, 0.05) is 26.2 Å². The molecule has 0 amide bonds. The standard InChI is InChI=1S/C19H24N2O3S/c1-14-4-5-18(24-17-11-15(2)10-16(3)12-17)19(13-14)25(22,23)21-8-6-20-7-9-21/h4-5,10-13,20H,6-9H2,1-3H3. The van der Waals surface area contributed by atoms with E-state index in [1.807, 2.05) is 39.0 Å². The highest BCUT2D eigenvalue weighted by molar-refractivity contribution is 7.89. The molecule has 1 aliphatic heterocycles. The Hall–Kier alpha value is -1.89. The number of piperazine rings is 1. The molecule has 1 fully saturated rings. The van der Waals surface area contributed by atoms with Gasteiger partial charge in [0.05, 0.1) is 0 Å². The van der Waals surface area contributed by atoms with Gasteiger partial charge >= 0.3 is 0 Å². The number of hydrogen-bond donors (Lipinski definition) is 1. The zero-order valence-corrected chi connectivity index (χ0v) is 15.7. The SMILES string of the molecule is Cc1cc(C)cc(Oc2ccc(C)cc2S(=O)(=O)N2CCNCC2)c1. The number of benzene rings is 2. The highest BCUT2D eigenvalue weighted by Crippen LogP contribution is 2.32. The fourth-order valence-electron chi connectivity index (χ4n) is 3.04. The van der Waals surface area contributed by atoms with E-state index in [0.717, 1.165) is 16.7 Å². The summed E-state index contributed by atoms with van der Waals surface area (Å²) in [5.41, 5.74) is 3.05. The lowest BCUT2D eigenvalue weighted by Crippen LogP contribution is -2.46. The molecule has 0 aromatic heterocycles. The molecule has 0 atom stereocenters. The lowest BCUT2D eigenvalue weighted by atomic mass is 10.1. The van der Waals surface area contributed by atoms with Crippen molar-refractivity contribution in [3.05, 3.63) is 53.1 Å². The molecular weight excluding hydrogens is 336 g/mol. The van der Waals surface area contributed by atoms with E-state index < -0.39 is 10.0 Å². The van der Waals surface area contributed by atoms with E-state index >= 15 is 0 Å². The van der Waals surface area contributed by atoms with Gasteiger partial charge in [0.1, 0.15) is 16.4 Å². The predicted octanol–water partition coefficient (Wildman–Crippen LogP) is 3.00. The Balaban J connectivity index is 2.00. The topological polar surface area (TPSA) is 58.6 Å². The first kappa shape index (κ1) is 17.9. The van der Waals surface area contributed by atoms with Crippen molar-refractivity contribution in [2.75, 3.05) is 26.2 Å². The van der Waals surface area contributed by atoms with Crippen LogP contribution in [-0.4, -0.2) is 38.9 Å². The highest BCUT2D eigenvalue weighted by Gasteiger charge is 2.29. The van der Waals surface area contributed by atoms with Crippen LogP contribution >= 0.6 is 0 Å². The Morgan fingerprint density at radius 3 is 2.20 bits per heavy atom. The second-order valence-corrected chi connectivity index (χ2v) is 8.44. The number of aryl methyl sites for hydroxylation is 3. The van der Waals surface area contributed by atoms with E-state index in [1.54, 1.807) is 12.1 Å². The molecule has 134 valence electrons. The minimum absolute atomic E-state index is 0.230. The lowest BCUT2D eigenvalue weighted by Gasteiger charge is -2.27. The summed E-state index contributed by atoms with van der Waals surface area (Å²) in [5, 5.41) is 3.18. The molecule has 1 aliphatic rings. The summed E-state index contributed by atoms with van der Waals surface area (Å²) in [4.78, 5) is 0.230. The summed E-state index contributed by atoms with van der Waals surface area (Å²) in [6, 6.07) is 11.2. The molecule has 1 saturated heterocycles. The number of nitrogens with one attached hydrogen (secondary N) is 1. The second kappa shape index (κ2) is 7.15. The quantitative estimate of drug-likeness (QED) is 0.911. The zero-order chi connectivity index (χ0) is 18.0. The monoisotopic (exact) mass is 360 g/mol. The van der Waals surface area contributed by atoms with Crippen LogP contribution in [0.4, 0.5) is 0 Å². The van der Waals surface area contributed by atoms with E-state index in [-0.39, 0.29) is 4.90 Å². The van der Waals surface area contributed by atoms with E-state index in [0.29, 0.717) is 37.7 Å². The van der Waals surface area contributed by atoms with Gasteiger partial charge < -0.3 is 10.1 Å². The molecular formula is C19H24N2O3S. The van der Waals surface area contributed by atoms with Gasteiger partial charge in [-0.1, -0.05) is 12.1 Å². The van der Waals surface area contributed by atoms with Crippen molar-refractivity contribution in [1.29, 1.82) is 0 Å². The molecule has 2 aromatic carbocycles. The first-order valence-electron chi connectivity index (χ1n) is 8.44. The number of sulfonamides is 1. The van der Waals surface area contributed by atoms with Crippen molar-refractivity contribution < 1.29 is 13.2 Å². The Bertz CT molecular complexity index is 852. The molecule has 0 spiro atoms. The normalized spacial score (nSPS) is 16.0. The summed E-state index contributed by atoms with van der Waals surface area (Å²) < 4.78 is 33.7. The summed E-state index contributed by atoms with van der Waals surface area (Å²) in [6.45, 7) is 8.15. The summed E-state index contributed by atoms with van der Waals surface area (Å²) in [5.74, 6) is 1.02. The third-order valence-electron chi connectivity index (χ3n) is 4.22. The van der Waals surface area contributed by atoms with E-state index in [2.05, 4.69) is 11.4 Å². The van der Waals surface area contributed by atoms with Crippen molar-refractivity contribution in [3.63, 3.8) is 0 Å². The van der Waals surface area contributed by atoms with Crippen molar-refractivity contribution in [3.8, 4) is 11.5 Å². The fraction of sp³-hybridized carbons (Fsp3) is 0.368. The highest BCUT2D eigenvalue weighted by atomic mass is 32.2. The van der Waals surface area contributed by atoms with Crippen LogP contribution < -0.4 is 10.1 Å². The number of hydrogen-bond acceptors (Lipinski definition) is 4. The first-order valence-corrected chi connectivity index (χ1v) is 9.88. The molecule has 1 N–H and O–H groups in total. The van der Waals surface area contributed by atoms with Crippen LogP contribution in [0, 0.1) is 20.8 Å². The average molecular weight is 360 g/mol. The lowest BCUT2D eigenvalue weighted by molar-refractivity contribution is 0.358. The van der Waals surface area contributed by atoms with Crippen molar-refractivity contribution in [2.24, 2.45) is 0 Å². The number of rotatable bonds is 4. The van der Waals surface area contributed by atoms with E-state index in [1.165, 1.54) is 4.31 Å². The van der Waals surface area contributed by atoms with Crippen LogP contribution in [0.1, 0.15) is 16.7 Å². The third-order valence-corrected chi connectivity index (χ3v) is 6.14. The van der Waals surface area contributed by atoms with Gasteiger partial charge in [-0.2, -0.15) is 4.31 Å². The first-order chi connectivity index (χ1) is 11.9. The molecule has 2 aromatic rings. The maximum Gasteiger partial charge on any atom is 0.246 e. The summed E-state index contributed by atoms with van der Waals surface area (Å²) in [6.07, 6.45) is 0. The van der Waals surface area contributed by atoms with Crippen molar-refractivity contribution in [1.82, 2.24) is 9.62 Å². The molecule has 0 aliphatic carbocycles. The van der Waals surface area contributed by atoms with Gasteiger partial charge in [0.25, 0.3) is 0 Å². The van der Waals surface area contributed by atoms with Gasteiger partial charge in [-0.25, -0.2) is 8.42 Å². The van der Waals surface area contributed by atoms with Gasteiger partial charge in [-0.15, -0.1) is 0 Å². The molecule has 5 nitrogen and oxygen atoms in total. The third kappa shape index (κ3) is 4.03. The molecule has 0 bridgehead atoms. The molecule has 1 heterocycles. The molecule has 0 radical (unpaired) electrons. The Morgan fingerprint density at radius 1 is 0.920 bits per heavy atom. The summed E-state index contributed by atoms with van der Waals surface area (Å²) >= 11 is 0. The van der Waals surface area contributed by atoms with Gasteiger partial charge in [0.2, 0.25) is 10.0 Å². The minimum Gasteiger partial charge on any atom is -0.456 e. The van der Waals surface area contributed by atoms with Crippen molar-refractivity contribution >= 4 is 10.0 Å². The van der Waals surface area contributed by atoms with Gasteiger partial charge in [-0.3, -0.25) is 0 Å². The molecule has 25 heavy (non-hydrogen) atoms. The van der Waals surface area contributed by atoms with Crippen LogP contribution in [0.25, 0.3) is 0 Å². The van der Waals surface area contributed by atoms with E-state index in [4.69, 9.17) is 4.74 Å². The summed E-state index contributed by atoms with van der Waals surface area (Å²) in [7, 11) is -3.59. The zero-order valence-electron chi connectivity index (χ0n) is 14.9. The maximum absolute atomic E-state index is 13.1. The average Bonchev–Trinajstić information content (AvgIpc) is 2.56. The van der Waals surface area contributed by atoms with Crippen LogP contribution in [-0.2, 0) is 10.0 Å². The molecule has 3 rings (SSSR count). The van der Waals surface area contributed by atoms with E-state index in [9.17, 15) is 8.42 Å². The smallest absolute Gasteiger partial charge is 0.246 e. The largest absolute Gasteiger partial charge is 0.456 e. The molecule has 0 saturated carbocycles.